The lowest BCUT2D eigenvalue weighted by Gasteiger charge is -2.35. The molecule has 44 heavy (non-hydrogen) atoms. The minimum atomic E-state index is -0.905. The van der Waals surface area contributed by atoms with E-state index in [2.05, 4.69) is 21.2 Å². The number of pyridine rings is 1. The molecule has 226 valence electrons. The van der Waals surface area contributed by atoms with Gasteiger partial charge in [0.15, 0.2) is 0 Å². The molecule has 2 unspecified atom stereocenters. The molecule has 8 rings (SSSR count). The van der Waals surface area contributed by atoms with Crippen molar-refractivity contribution in [1.29, 1.82) is 5.26 Å². The molecule has 4 aliphatic rings. The van der Waals surface area contributed by atoms with Crippen LogP contribution in [0, 0.1) is 23.0 Å². The van der Waals surface area contributed by atoms with Crippen LogP contribution in [0.15, 0.2) is 42.5 Å². The molecular weight excluding hydrogens is 567 g/mol. The third kappa shape index (κ3) is 4.36. The van der Waals surface area contributed by atoms with Crippen LogP contribution in [0.5, 0.6) is 11.6 Å². The van der Waals surface area contributed by atoms with Crippen LogP contribution in [0.3, 0.4) is 0 Å². The van der Waals surface area contributed by atoms with Gasteiger partial charge in [-0.25, -0.2) is 13.2 Å². The van der Waals surface area contributed by atoms with Crippen molar-refractivity contribution < 1.29 is 23.0 Å². The summed E-state index contributed by atoms with van der Waals surface area (Å²) in [4.78, 5) is 9.19. The highest BCUT2D eigenvalue weighted by Gasteiger charge is 2.49. The summed E-state index contributed by atoms with van der Waals surface area (Å²) in [7, 11) is 0. The smallest absolute Gasteiger partial charge is 0.215 e. The number of aromatic nitrogens is 1. The lowest BCUT2D eigenvalue weighted by Crippen LogP contribution is -2.51. The SMILES string of the molecule is N#Cc1cc2c(N3CC4CCC(C3)N4)nc(OC[C@@]34CCCN3C[C@H](F)C4)cc2c(F)c1-c1cc(O)cc2cccc(F)c12. The number of nitrogens with one attached hydrogen (secondary N) is 1. The first kappa shape index (κ1) is 27.5. The first-order valence-corrected chi connectivity index (χ1v) is 15.3. The Hall–Kier alpha value is -4.07. The van der Waals surface area contributed by atoms with Gasteiger partial charge in [-0.1, -0.05) is 12.1 Å². The van der Waals surface area contributed by atoms with Crippen molar-refractivity contribution in [2.45, 2.75) is 55.9 Å². The number of fused-ring (bicyclic) bond motifs is 5. The Bertz CT molecular complexity index is 1850. The fraction of sp³-hybridized carbons (Fsp3) is 0.412. The van der Waals surface area contributed by atoms with Crippen molar-refractivity contribution >= 4 is 27.4 Å². The maximum absolute atomic E-state index is 17.0. The fourth-order valence-electron chi connectivity index (χ4n) is 8.17. The standard InChI is InChI=1S/C34H32F3N5O2/c35-21-13-34(7-2-8-42(34)15-21)18-44-29-12-25-26(33(40-29)41-16-22-5-6-23(17-41)39-22)10-20(14-38)31(32(25)37)27-11-24(43)9-19-3-1-4-28(36)30(19)27/h1,3-4,9-12,21-23,39,43H,2,5-8,13,15-18H2/t21-,22?,23?,34+/m1/s1. The van der Waals surface area contributed by atoms with E-state index in [1.807, 2.05) is 0 Å². The molecule has 4 aliphatic heterocycles. The molecule has 4 atom stereocenters. The quantitative estimate of drug-likeness (QED) is 0.300. The number of ether oxygens (including phenoxy) is 1. The maximum atomic E-state index is 17.0. The van der Waals surface area contributed by atoms with Crippen molar-refractivity contribution in [3.05, 3.63) is 59.7 Å². The molecule has 7 nitrogen and oxygen atoms in total. The van der Waals surface area contributed by atoms with Crippen molar-refractivity contribution in [2.75, 3.05) is 37.7 Å². The van der Waals surface area contributed by atoms with Crippen molar-refractivity contribution in [2.24, 2.45) is 0 Å². The number of phenolic OH excluding ortho intramolecular Hbond substituents is 1. The highest BCUT2D eigenvalue weighted by Crippen LogP contribution is 2.44. The second-order valence-corrected chi connectivity index (χ2v) is 12.8. The Morgan fingerprint density at radius 2 is 1.91 bits per heavy atom. The molecule has 0 aliphatic carbocycles. The minimum Gasteiger partial charge on any atom is -0.508 e. The van der Waals surface area contributed by atoms with Gasteiger partial charge in [-0.15, -0.1) is 0 Å². The van der Waals surface area contributed by atoms with E-state index in [0.29, 0.717) is 42.6 Å². The van der Waals surface area contributed by atoms with E-state index in [9.17, 15) is 14.8 Å². The number of nitrogens with zero attached hydrogens (tertiary/aromatic N) is 4. The van der Waals surface area contributed by atoms with Gasteiger partial charge in [0.05, 0.1) is 17.2 Å². The number of nitriles is 1. The highest BCUT2D eigenvalue weighted by molar-refractivity contribution is 6.04. The number of aromatic hydroxyl groups is 1. The average molecular weight is 600 g/mol. The van der Waals surface area contributed by atoms with Crippen LogP contribution in [0.25, 0.3) is 32.7 Å². The largest absolute Gasteiger partial charge is 0.508 e. The van der Waals surface area contributed by atoms with Gasteiger partial charge in [-0.3, -0.25) is 4.90 Å². The summed E-state index contributed by atoms with van der Waals surface area (Å²) in [5.41, 5.74) is -0.390. The van der Waals surface area contributed by atoms with E-state index in [0.717, 1.165) is 32.2 Å². The van der Waals surface area contributed by atoms with Gasteiger partial charge in [-0.05, 0) is 61.9 Å². The molecule has 0 saturated carbocycles. The number of anilines is 1. The number of hydrogen-bond acceptors (Lipinski definition) is 7. The number of hydrogen-bond donors (Lipinski definition) is 2. The Balaban J connectivity index is 1.31. The Morgan fingerprint density at radius 3 is 2.70 bits per heavy atom. The summed E-state index contributed by atoms with van der Waals surface area (Å²) in [5.74, 6) is -0.713. The molecule has 0 radical (unpaired) electrons. The maximum Gasteiger partial charge on any atom is 0.215 e. The molecule has 0 spiro atoms. The summed E-state index contributed by atoms with van der Waals surface area (Å²) in [6.07, 6.45) is 3.37. The van der Waals surface area contributed by atoms with E-state index in [1.54, 1.807) is 12.1 Å². The zero-order valence-corrected chi connectivity index (χ0v) is 24.1. The summed E-state index contributed by atoms with van der Waals surface area (Å²) < 4.78 is 53.0. The third-order valence-electron chi connectivity index (χ3n) is 10.1. The third-order valence-corrected chi connectivity index (χ3v) is 10.1. The van der Waals surface area contributed by atoms with E-state index in [-0.39, 0.29) is 57.8 Å². The van der Waals surface area contributed by atoms with E-state index < -0.39 is 23.3 Å². The molecule has 0 amide bonds. The highest BCUT2D eigenvalue weighted by atomic mass is 19.1. The summed E-state index contributed by atoms with van der Waals surface area (Å²) in [5, 5.41) is 25.5. The van der Waals surface area contributed by atoms with Gasteiger partial charge in [0.1, 0.15) is 36.0 Å². The summed E-state index contributed by atoms with van der Waals surface area (Å²) in [6, 6.07) is 13.0. The van der Waals surface area contributed by atoms with E-state index in [1.165, 1.54) is 30.3 Å². The van der Waals surface area contributed by atoms with Crippen molar-refractivity contribution in [3.8, 4) is 28.8 Å². The van der Waals surface area contributed by atoms with Crippen LogP contribution in [0.4, 0.5) is 19.0 Å². The molecule has 2 bridgehead atoms. The van der Waals surface area contributed by atoms with Crippen LogP contribution in [0.2, 0.25) is 0 Å². The van der Waals surface area contributed by atoms with Crippen molar-refractivity contribution in [1.82, 2.24) is 15.2 Å². The van der Waals surface area contributed by atoms with Gasteiger partial charge in [0.2, 0.25) is 5.88 Å². The Labute approximate surface area is 252 Å². The zero-order chi connectivity index (χ0) is 30.2. The molecule has 3 aromatic carbocycles. The first-order valence-electron chi connectivity index (χ1n) is 15.3. The molecule has 10 heteroatoms. The van der Waals surface area contributed by atoms with Crippen LogP contribution in [-0.4, -0.2) is 71.6 Å². The van der Waals surface area contributed by atoms with Crippen LogP contribution in [0.1, 0.15) is 37.7 Å². The number of alkyl halides is 1. The van der Waals surface area contributed by atoms with Crippen LogP contribution >= 0.6 is 0 Å². The van der Waals surface area contributed by atoms with Crippen LogP contribution < -0.4 is 15.0 Å². The lowest BCUT2D eigenvalue weighted by atomic mass is 9.91. The number of piperazine rings is 1. The molecule has 1 aromatic heterocycles. The predicted octanol–water partition coefficient (Wildman–Crippen LogP) is 5.81. The number of benzene rings is 3. The number of phenols is 1. The van der Waals surface area contributed by atoms with Crippen molar-refractivity contribution in [3.63, 3.8) is 0 Å². The average Bonchev–Trinajstić information content (AvgIpc) is 3.65. The summed E-state index contributed by atoms with van der Waals surface area (Å²) >= 11 is 0. The molecule has 2 N–H and O–H groups in total. The number of rotatable bonds is 5. The molecular formula is C34H32F3N5O2. The van der Waals surface area contributed by atoms with E-state index in [4.69, 9.17) is 9.72 Å². The second-order valence-electron chi connectivity index (χ2n) is 12.8. The normalized spacial score (nSPS) is 26.4. The number of halogens is 3. The second kappa shape index (κ2) is 10.2. The predicted molar refractivity (Wildman–Crippen MR) is 162 cm³/mol. The fourth-order valence-corrected chi connectivity index (χ4v) is 8.17. The molecule has 5 heterocycles. The monoisotopic (exact) mass is 599 g/mol. The molecule has 4 aromatic rings. The molecule has 4 fully saturated rings. The zero-order valence-electron chi connectivity index (χ0n) is 24.1. The van der Waals surface area contributed by atoms with Gasteiger partial charge in [0, 0.05) is 71.5 Å². The minimum absolute atomic E-state index is 0.0143. The summed E-state index contributed by atoms with van der Waals surface area (Å²) in [6.45, 7) is 2.82. The first-order chi connectivity index (χ1) is 21.3. The van der Waals surface area contributed by atoms with Crippen LogP contribution in [-0.2, 0) is 0 Å². The van der Waals surface area contributed by atoms with Gasteiger partial charge in [-0.2, -0.15) is 10.2 Å². The van der Waals surface area contributed by atoms with Gasteiger partial charge >= 0.3 is 0 Å². The van der Waals surface area contributed by atoms with E-state index >= 15 is 8.78 Å². The Morgan fingerprint density at radius 1 is 1.09 bits per heavy atom. The Kier molecular flexibility index (Phi) is 6.40. The lowest BCUT2D eigenvalue weighted by molar-refractivity contribution is 0.111. The van der Waals surface area contributed by atoms with Gasteiger partial charge < -0.3 is 20.1 Å². The van der Waals surface area contributed by atoms with Gasteiger partial charge in [0.25, 0.3) is 0 Å². The topological polar surface area (TPSA) is 84.7 Å². The molecule has 4 saturated heterocycles.